The van der Waals surface area contributed by atoms with Crippen LogP contribution in [0.3, 0.4) is 0 Å². The van der Waals surface area contributed by atoms with E-state index < -0.39 is 5.60 Å². The second-order valence-electron chi connectivity index (χ2n) is 5.18. The quantitative estimate of drug-likeness (QED) is 0.344. The number of carbonyl (C=O) groups excluding carboxylic acids is 1. The predicted octanol–water partition coefficient (Wildman–Crippen LogP) is 3.73. The zero-order valence-corrected chi connectivity index (χ0v) is 12.6. The highest BCUT2D eigenvalue weighted by atomic mass is 16.5. The lowest BCUT2D eigenvalue weighted by Gasteiger charge is -2.13. The van der Waals surface area contributed by atoms with E-state index in [-0.39, 0.29) is 17.8 Å². The van der Waals surface area contributed by atoms with Gasteiger partial charge in [-0.3, -0.25) is 4.79 Å². The highest BCUT2D eigenvalue weighted by molar-refractivity contribution is 5.79. The van der Waals surface area contributed by atoms with Crippen molar-refractivity contribution in [2.75, 3.05) is 13.2 Å². The van der Waals surface area contributed by atoms with Gasteiger partial charge in [-0.2, -0.15) is 0 Å². The van der Waals surface area contributed by atoms with Crippen LogP contribution in [0.2, 0.25) is 0 Å². The second kappa shape index (κ2) is 7.68. The molecule has 0 aromatic heterocycles. The summed E-state index contributed by atoms with van der Waals surface area (Å²) in [4.78, 5) is 12.0. The van der Waals surface area contributed by atoms with Gasteiger partial charge in [0.25, 0.3) is 0 Å². The summed E-state index contributed by atoms with van der Waals surface area (Å²) in [6, 6.07) is 0. The Morgan fingerprint density at radius 1 is 1.21 bits per heavy atom. The first-order valence-corrected chi connectivity index (χ1v) is 7.62. The lowest BCUT2D eigenvalue weighted by molar-refractivity contribution is -0.146. The Hall–Kier alpha value is -0.830. The zero-order chi connectivity index (χ0) is 14.3. The van der Waals surface area contributed by atoms with Gasteiger partial charge in [-0.1, -0.05) is 38.7 Å². The van der Waals surface area contributed by atoms with Gasteiger partial charge in [-0.25, -0.2) is 0 Å². The molecule has 19 heavy (non-hydrogen) atoms. The fourth-order valence-corrected chi connectivity index (χ4v) is 3.00. The van der Waals surface area contributed by atoms with Gasteiger partial charge in [-0.05, 0) is 20.3 Å². The third kappa shape index (κ3) is 3.59. The summed E-state index contributed by atoms with van der Waals surface area (Å²) in [6.07, 6.45) is 7.69. The average molecular weight is 268 g/mol. The molecular weight excluding hydrogens is 240 g/mol. The van der Waals surface area contributed by atoms with Crippen molar-refractivity contribution in [1.82, 2.24) is 0 Å². The molecule has 0 amide bonds. The zero-order valence-electron chi connectivity index (χ0n) is 12.6. The fraction of sp³-hybridized carbons (Fsp3) is 0.812. The normalized spacial score (nSPS) is 29.0. The van der Waals surface area contributed by atoms with Crippen molar-refractivity contribution < 1.29 is 14.3 Å². The average Bonchev–Trinajstić information content (AvgIpc) is 3.03. The van der Waals surface area contributed by atoms with Crippen molar-refractivity contribution in [2.45, 2.75) is 58.5 Å². The van der Waals surface area contributed by atoms with E-state index >= 15 is 0 Å². The number of rotatable bonds is 10. The first-order chi connectivity index (χ1) is 9.17. The van der Waals surface area contributed by atoms with Crippen LogP contribution < -0.4 is 0 Å². The molecule has 1 aliphatic rings. The molecule has 0 bridgehead atoms. The number of esters is 1. The topological polar surface area (TPSA) is 35.5 Å². The van der Waals surface area contributed by atoms with Gasteiger partial charge in [0, 0.05) is 12.5 Å². The molecule has 3 nitrogen and oxygen atoms in total. The van der Waals surface area contributed by atoms with Crippen molar-refractivity contribution in [2.24, 2.45) is 11.8 Å². The molecular formula is C16H28O3. The standard InChI is InChI=1S/C16H28O3/c1-5-9-10-11-12-13-14(15(17)18-7-3)16(13,6-2)19-8-4/h6,13-14H,2,5,7-12H2,1,3-4H3/t13-,14+,16+/m0/s1. The van der Waals surface area contributed by atoms with Crippen molar-refractivity contribution in [3.05, 3.63) is 12.7 Å². The van der Waals surface area contributed by atoms with Gasteiger partial charge >= 0.3 is 5.97 Å². The maximum atomic E-state index is 12.0. The maximum absolute atomic E-state index is 12.0. The third-order valence-electron chi connectivity index (χ3n) is 3.98. The van der Waals surface area contributed by atoms with E-state index in [1.807, 2.05) is 19.9 Å². The number of hydrogen-bond donors (Lipinski definition) is 0. The lowest BCUT2D eigenvalue weighted by atomic mass is 10.1. The maximum Gasteiger partial charge on any atom is 0.312 e. The minimum atomic E-state index is -0.465. The number of carbonyl (C=O) groups is 1. The van der Waals surface area contributed by atoms with E-state index in [1.54, 1.807) is 0 Å². The molecule has 1 fully saturated rings. The van der Waals surface area contributed by atoms with Crippen molar-refractivity contribution in [3.8, 4) is 0 Å². The SMILES string of the molecule is C=C[C@@]1(OCC)[C@@H](CCCCCC)[C@@H]1C(=O)OCC. The lowest BCUT2D eigenvalue weighted by Crippen LogP contribution is -2.20. The van der Waals surface area contributed by atoms with Crippen LogP contribution in [-0.2, 0) is 14.3 Å². The Labute approximate surface area is 117 Å². The molecule has 1 saturated carbocycles. The van der Waals surface area contributed by atoms with Gasteiger partial charge in [0.2, 0.25) is 0 Å². The first-order valence-electron chi connectivity index (χ1n) is 7.62. The van der Waals surface area contributed by atoms with Gasteiger partial charge in [0.15, 0.2) is 0 Å². The summed E-state index contributed by atoms with van der Waals surface area (Å²) in [5, 5.41) is 0. The fourth-order valence-electron chi connectivity index (χ4n) is 3.00. The summed E-state index contributed by atoms with van der Waals surface area (Å²) in [5.41, 5.74) is -0.465. The van der Waals surface area contributed by atoms with Crippen LogP contribution in [0.5, 0.6) is 0 Å². The van der Waals surface area contributed by atoms with Crippen LogP contribution >= 0.6 is 0 Å². The van der Waals surface area contributed by atoms with Crippen molar-refractivity contribution >= 4 is 5.97 Å². The van der Waals surface area contributed by atoms with Gasteiger partial charge in [-0.15, -0.1) is 6.58 Å². The molecule has 1 aliphatic carbocycles. The van der Waals surface area contributed by atoms with Crippen LogP contribution in [0.1, 0.15) is 52.9 Å². The molecule has 3 atom stereocenters. The summed E-state index contributed by atoms with van der Waals surface area (Å²) in [6.45, 7) is 10.9. The molecule has 3 heteroatoms. The molecule has 1 rings (SSSR count). The molecule has 0 heterocycles. The Kier molecular flexibility index (Phi) is 6.56. The number of hydrogen-bond acceptors (Lipinski definition) is 3. The molecule has 0 radical (unpaired) electrons. The predicted molar refractivity (Wildman–Crippen MR) is 76.9 cm³/mol. The van der Waals surface area contributed by atoms with Crippen molar-refractivity contribution in [3.63, 3.8) is 0 Å². The summed E-state index contributed by atoms with van der Waals surface area (Å²) in [5.74, 6) is -0.0243. The Morgan fingerprint density at radius 2 is 1.95 bits per heavy atom. The van der Waals surface area contributed by atoms with Crippen LogP contribution in [0, 0.1) is 11.8 Å². The van der Waals surface area contributed by atoms with Gasteiger partial charge in [0.05, 0.1) is 12.5 Å². The molecule has 0 saturated heterocycles. The molecule has 0 N–H and O–H groups in total. The van der Waals surface area contributed by atoms with Crippen LogP contribution in [-0.4, -0.2) is 24.8 Å². The minimum Gasteiger partial charge on any atom is -0.466 e. The van der Waals surface area contributed by atoms with Gasteiger partial charge in [0.1, 0.15) is 5.60 Å². The highest BCUT2D eigenvalue weighted by Crippen LogP contribution is 2.57. The number of unbranched alkanes of at least 4 members (excludes halogenated alkanes) is 3. The first kappa shape index (κ1) is 16.2. The summed E-state index contributed by atoms with van der Waals surface area (Å²) in [7, 11) is 0. The Bertz CT molecular complexity index is 300. The Balaban J connectivity index is 2.59. The van der Waals surface area contributed by atoms with E-state index in [0.717, 1.165) is 12.8 Å². The largest absolute Gasteiger partial charge is 0.466 e. The smallest absolute Gasteiger partial charge is 0.312 e. The van der Waals surface area contributed by atoms with E-state index in [9.17, 15) is 4.79 Å². The molecule has 0 aliphatic heterocycles. The molecule has 110 valence electrons. The van der Waals surface area contributed by atoms with Crippen LogP contribution in [0.25, 0.3) is 0 Å². The van der Waals surface area contributed by atoms with E-state index in [1.165, 1.54) is 19.3 Å². The summed E-state index contributed by atoms with van der Waals surface area (Å²) < 4.78 is 11.0. The van der Waals surface area contributed by atoms with Crippen molar-refractivity contribution in [1.29, 1.82) is 0 Å². The molecule has 0 aromatic rings. The monoisotopic (exact) mass is 268 g/mol. The molecule has 0 aromatic carbocycles. The van der Waals surface area contributed by atoms with Crippen LogP contribution in [0.4, 0.5) is 0 Å². The van der Waals surface area contributed by atoms with E-state index in [2.05, 4.69) is 13.5 Å². The highest BCUT2D eigenvalue weighted by Gasteiger charge is 2.67. The van der Waals surface area contributed by atoms with Crippen LogP contribution in [0.15, 0.2) is 12.7 Å². The second-order valence-corrected chi connectivity index (χ2v) is 5.18. The molecule has 0 unspecified atom stereocenters. The Morgan fingerprint density at radius 3 is 2.47 bits per heavy atom. The summed E-state index contributed by atoms with van der Waals surface area (Å²) >= 11 is 0. The minimum absolute atomic E-state index is 0.128. The van der Waals surface area contributed by atoms with E-state index in [4.69, 9.17) is 9.47 Å². The van der Waals surface area contributed by atoms with Gasteiger partial charge < -0.3 is 9.47 Å². The molecule has 0 spiro atoms. The number of ether oxygens (including phenoxy) is 2. The van der Waals surface area contributed by atoms with E-state index in [0.29, 0.717) is 13.2 Å². The third-order valence-corrected chi connectivity index (χ3v) is 3.98.